The zero-order chi connectivity index (χ0) is 13.1. The third-order valence-corrected chi connectivity index (χ3v) is 3.16. The van der Waals surface area contributed by atoms with Gasteiger partial charge in [-0.2, -0.15) is 5.10 Å². The Morgan fingerprint density at radius 2 is 2.18 bits per heavy atom. The fourth-order valence-corrected chi connectivity index (χ4v) is 2.45. The largest absolute Gasteiger partial charge is 0.394 e. The molecule has 0 saturated carbocycles. The second kappa shape index (κ2) is 5.65. The number of hydrogen-bond acceptors (Lipinski definition) is 3. The first-order valence-electron chi connectivity index (χ1n) is 6.30. The fraction of sp³-hybridized carbons (Fsp3) is 0.769. The van der Waals surface area contributed by atoms with E-state index in [1.54, 1.807) is 0 Å². The number of rotatable bonds is 6. The molecule has 17 heavy (non-hydrogen) atoms. The lowest BCUT2D eigenvalue weighted by Crippen LogP contribution is -2.47. The number of aliphatic hydroxyl groups is 1. The van der Waals surface area contributed by atoms with Crippen LogP contribution in [-0.2, 0) is 0 Å². The van der Waals surface area contributed by atoms with Crippen molar-refractivity contribution < 1.29 is 5.11 Å². The topological polar surface area (TPSA) is 50.1 Å². The van der Waals surface area contributed by atoms with E-state index in [1.165, 1.54) is 5.69 Å². The Kier molecular flexibility index (Phi) is 4.71. The van der Waals surface area contributed by atoms with E-state index < -0.39 is 0 Å². The molecule has 1 aromatic rings. The monoisotopic (exact) mass is 239 g/mol. The summed E-state index contributed by atoms with van der Waals surface area (Å²) in [6.45, 7) is 11.3. The van der Waals surface area contributed by atoms with Crippen LogP contribution in [0.2, 0.25) is 0 Å². The van der Waals surface area contributed by atoms with Crippen LogP contribution in [0.5, 0.6) is 0 Å². The van der Waals surface area contributed by atoms with Crippen molar-refractivity contribution in [2.45, 2.75) is 52.6 Å². The maximum absolute atomic E-state index is 9.49. The summed E-state index contributed by atoms with van der Waals surface area (Å²) in [5, 5.41) is 17.3. The highest BCUT2D eigenvalue weighted by Crippen LogP contribution is 2.21. The number of aliphatic hydroxyl groups excluding tert-OH is 1. The van der Waals surface area contributed by atoms with Gasteiger partial charge in [-0.15, -0.1) is 0 Å². The van der Waals surface area contributed by atoms with E-state index in [4.69, 9.17) is 0 Å². The lowest BCUT2D eigenvalue weighted by Gasteiger charge is -2.31. The van der Waals surface area contributed by atoms with Crippen molar-refractivity contribution in [2.75, 3.05) is 13.2 Å². The van der Waals surface area contributed by atoms with Crippen molar-refractivity contribution in [2.24, 2.45) is 0 Å². The molecule has 0 aliphatic heterocycles. The van der Waals surface area contributed by atoms with Gasteiger partial charge in [0.2, 0.25) is 0 Å². The molecule has 0 aromatic carbocycles. The molecular formula is C13H25N3O. The molecule has 0 bridgehead atoms. The van der Waals surface area contributed by atoms with Gasteiger partial charge < -0.3 is 10.4 Å². The predicted octanol–water partition coefficient (Wildman–Crippen LogP) is 1.81. The Balaban J connectivity index is 2.77. The van der Waals surface area contributed by atoms with E-state index >= 15 is 0 Å². The molecule has 0 fully saturated rings. The van der Waals surface area contributed by atoms with E-state index in [-0.39, 0.29) is 18.2 Å². The van der Waals surface area contributed by atoms with Crippen LogP contribution < -0.4 is 5.32 Å². The average Bonchev–Trinajstić information content (AvgIpc) is 2.58. The maximum atomic E-state index is 9.49. The Bertz CT molecular complexity index is 362. The lowest BCUT2D eigenvalue weighted by atomic mass is 9.94. The minimum Gasteiger partial charge on any atom is -0.394 e. The van der Waals surface area contributed by atoms with Crippen LogP contribution in [0.3, 0.4) is 0 Å². The van der Waals surface area contributed by atoms with Gasteiger partial charge in [0.05, 0.1) is 18.3 Å². The highest BCUT2D eigenvalue weighted by atomic mass is 16.3. The van der Waals surface area contributed by atoms with Crippen LogP contribution in [0.25, 0.3) is 0 Å². The number of aryl methyl sites for hydroxylation is 2. The van der Waals surface area contributed by atoms with E-state index in [2.05, 4.69) is 44.2 Å². The molecule has 0 aliphatic rings. The van der Waals surface area contributed by atoms with E-state index in [0.717, 1.165) is 18.7 Å². The summed E-state index contributed by atoms with van der Waals surface area (Å²) in [6.07, 6.45) is 0.860. The van der Waals surface area contributed by atoms with Gasteiger partial charge in [-0.3, -0.25) is 4.68 Å². The molecule has 0 aliphatic carbocycles. The summed E-state index contributed by atoms with van der Waals surface area (Å²) in [5.41, 5.74) is 1.98. The van der Waals surface area contributed by atoms with Crippen molar-refractivity contribution in [3.05, 3.63) is 17.5 Å². The molecule has 98 valence electrons. The Morgan fingerprint density at radius 1 is 1.53 bits per heavy atom. The van der Waals surface area contributed by atoms with E-state index in [9.17, 15) is 5.11 Å². The molecule has 1 aromatic heterocycles. The number of nitrogens with zero attached hydrogens (tertiary/aromatic N) is 2. The van der Waals surface area contributed by atoms with Crippen molar-refractivity contribution in [3.63, 3.8) is 0 Å². The first-order chi connectivity index (χ1) is 7.91. The molecule has 0 spiro atoms. The van der Waals surface area contributed by atoms with Crippen LogP contribution in [0.4, 0.5) is 0 Å². The summed E-state index contributed by atoms with van der Waals surface area (Å²) in [4.78, 5) is 0. The van der Waals surface area contributed by atoms with Gasteiger partial charge in [0.25, 0.3) is 0 Å². The van der Waals surface area contributed by atoms with Crippen molar-refractivity contribution in [1.29, 1.82) is 0 Å². The minimum atomic E-state index is -0.236. The van der Waals surface area contributed by atoms with Crippen LogP contribution in [0.1, 0.15) is 44.6 Å². The summed E-state index contributed by atoms with van der Waals surface area (Å²) in [7, 11) is 0. The summed E-state index contributed by atoms with van der Waals surface area (Å²) in [6, 6.07) is 2.36. The molecule has 0 radical (unpaired) electrons. The molecule has 0 amide bonds. The molecule has 1 heterocycles. The van der Waals surface area contributed by atoms with Gasteiger partial charge in [0.1, 0.15) is 0 Å². The van der Waals surface area contributed by atoms with Gasteiger partial charge in [-0.1, -0.05) is 6.92 Å². The first-order valence-corrected chi connectivity index (χ1v) is 6.30. The minimum absolute atomic E-state index is 0.143. The maximum Gasteiger partial charge on any atom is 0.0611 e. The van der Waals surface area contributed by atoms with Crippen LogP contribution in [0, 0.1) is 13.8 Å². The van der Waals surface area contributed by atoms with Crippen LogP contribution in [0.15, 0.2) is 6.07 Å². The SMILES string of the molecule is CCNC(C)(CO)CC(C)n1nc(C)cc1C. The van der Waals surface area contributed by atoms with Crippen molar-refractivity contribution in [3.8, 4) is 0 Å². The smallest absolute Gasteiger partial charge is 0.0611 e. The third-order valence-electron chi connectivity index (χ3n) is 3.16. The van der Waals surface area contributed by atoms with Gasteiger partial charge in [0.15, 0.2) is 0 Å². The Hall–Kier alpha value is -0.870. The van der Waals surface area contributed by atoms with Gasteiger partial charge >= 0.3 is 0 Å². The summed E-state index contributed by atoms with van der Waals surface area (Å²) >= 11 is 0. The highest BCUT2D eigenvalue weighted by Gasteiger charge is 2.26. The molecule has 2 atom stereocenters. The zero-order valence-electron chi connectivity index (χ0n) is 11.6. The standard InChI is InChI=1S/C13H25N3O/c1-6-14-13(5,9-17)8-12(4)16-11(3)7-10(2)15-16/h7,12,14,17H,6,8-9H2,1-5H3. The number of nitrogens with one attached hydrogen (secondary N) is 1. The predicted molar refractivity (Wildman–Crippen MR) is 70.2 cm³/mol. The Morgan fingerprint density at radius 3 is 2.59 bits per heavy atom. The summed E-state index contributed by atoms with van der Waals surface area (Å²) < 4.78 is 2.04. The number of likely N-dealkylation sites (N-methyl/N-ethyl adjacent to an activating group) is 1. The zero-order valence-corrected chi connectivity index (χ0v) is 11.6. The molecule has 4 nitrogen and oxygen atoms in total. The molecule has 2 N–H and O–H groups in total. The fourth-order valence-electron chi connectivity index (χ4n) is 2.45. The molecule has 1 rings (SSSR count). The number of hydrogen-bond donors (Lipinski definition) is 2. The Labute approximate surface area is 104 Å². The van der Waals surface area contributed by atoms with Crippen LogP contribution in [-0.4, -0.2) is 33.6 Å². The third kappa shape index (κ3) is 3.54. The normalized spacial score (nSPS) is 16.8. The highest BCUT2D eigenvalue weighted by molar-refractivity contribution is 5.07. The first kappa shape index (κ1) is 14.2. The van der Waals surface area contributed by atoms with Crippen LogP contribution >= 0.6 is 0 Å². The van der Waals surface area contributed by atoms with Crippen molar-refractivity contribution >= 4 is 0 Å². The molecular weight excluding hydrogens is 214 g/mol. The second-order valence-corrected chi connectivity index (χ2v) is 5.17. The molecule has 0 saturated heterocycles. The molecule has 4 heteroatoms. The van der Waals surface area contributed by atoms with Gasteiger partial charge in [0, 0.05) is 11.2 Å². The number of aromatic nitrogens is 2. The van der Waals surface area contributed by atoms with Gasteiger partial charge in [-0.05, 0) is 46.7 Å². The van der Waals surface area contributed by atoms with Crippen molar-refractivity contribution in [1.82, 2.24) is 15.1 Å². The lowest BCUT2D eigenvalue weighted by molar-refractivity contribution is 0.150. The second-order valence-electron chi connectivity index (χ2n) is 5.17. The van der Waals surface area contributed by atoms with E-state index in [0.29, 0.717) is 0 Å². The quantitative estimate of drug-likeness (QED) is 0.796. The van der Waals surface area contributed by atoms with E-state index in [1.807, 2.05) is 11.6 Å². The molecule has 2 unspecified atom stereocenters. The average molecular weight is 239 g/mol. The summed E-state index contributed by atoms with van der Waals surface area (Å²) in [5.74, 6) is 0. The van der Waals surface area contributed by atoms with Gasteiger partial charge in [-0.25, -0.2) is 0 Å².